The van der Waals surface area contributed by atoms with Crippen LogP contribution in [0.3, 0.4) is 0 Å². The molecule has 0 fully saturated rings. The molecular formula is C13H16O4. The number of carbonyl (C=O) groups excluding carboxylic acids is 1. The van der Waals surface area contributed by atoms with Gasteiger partial charge in [0, 0.05) is 12.0 Å². The minimum atomic E-state index is -0.276. The Labute approximate surface area is 100 Å². The van der Waals surface area contributed by atoms with E-state index in [2.05, 4.69) is 0 Å². The van der Waals surface area contributed by atoms with Crippen molar-refractivity contribution in [2.24, 2.45) is 0 Å². The van der Waals surface area contributed by atoms with Crippen molar-refractivity contribution in [2.75, 3.05) is 14.2 Å². The van der Waals surface area contributed by atoms with Crippen molar-refractivity contribution in [3.8, 4) is 17.2 Å². The molecule has 0 saturated heterocycles. The Morgan fingerprint density at radius 2 is 1.94 bits per heavy atom. The molecule has 1 heterocycles. The van der Waals surface area contributed by atoms with Gasteiger partial charge in [0.05, 0.1) is 19.8 Å². The molecule has 1 aromatic rings. The van der Waals surface area contributed by atoms with Gasteiger partial charge in [0.15, 0.2) is 17.8 Å². The first-order chi connectivity index (χ1) is 8.02. The van der Waals surface area contributed by atoms with E-state index in [1.54, 1.807) is 13.2 Å². The zero-order valence-electron chi connectivity index (χ0n) is 10.5. The summed E-state index contributed by atoms with van der Waals surface area (Å²) in [5, 5.41) is 0. The first-order valence-corrected chi connectivity index (χ1v) is 5.44. The molecule has 1 aliphatic rings. The fraction of sp³-hybridized carbons (Fsp3) is 0.462. The van der Waals surface area contributed by atoms with Gasteiger partial charge < -0.3 is 14.2 Å². The van der Waals surface area contributed by atoms with E-state index in [0.29, 0.717) is 22.8 Å². The predicted molar refractivity (Wildman–Crippen MR) is 63.3 cm³/mol. The smallest absolute Gasteiger partial charge is 0.204 e. The molecule has 0 atom stereocenters. The molecule has 1 aromatic carbocycles. The number of methoxy groups -OCH3 is 2. The van der Waals surface area contributed by atoms with E-state index in [9.17, 15) is 4.79 Å². The standard InChI is InChI=1S/C13H16O4/c1-13(2)6-8-5-9(7-14)10(15-3)12(16-4)11(8)17-13/h5,7H,6H2,1-4H3. The average Bonchev–Trinajstić information content (AvgIpc) is 2.59. The van der Waals surface area contributed by atoms with Crippen LogP contribution >= 0.6 is 0 Å². The summed E-state index contributed by atoms with van der Waals surface area (Å²) in [6.45, 7) is 4.00. The zero-order valence-corrected chi connectivity index (χ0v) is 10.5. The third-order valence-corrected chi connectivity index (χ3v) is 2.83. The van der Waals surface area contributed by atoms with Crippen molar-refractivity contribution in [3.05, 3.63) is 17.2 Å². The maximum Gasteiger partial charge on any atom is 0.204 e. The molecular weight excluding hydrogens is 220 g/mol. The Hall–Kier alpha value is -1.71. The Morgan fingerprint density at radius 1 is 1.29 bits per heavy atom. The molecule has 0 radical (unpaired) electrons. The lowest BCUT2D eigenvalue weighted by Crippen LogP contribution is -2.24. The number of fused-ring (bicyclic) bond motifs is 1. The van der Waals surface area contributed by atoms with E-state index >= 15 is 0 Å². The van der Waals surface area contributed by atoms with Gasteiger partial charge in [0.1, 0.15) is 5.60 Å². The van der Waals surface area contributed by atoms with Crippen LogP contribution in [-0.4, -0.2) is 26.1 Å². The lowest BCUT2D eigenvalue weighted by molar-refractivity contribution is 0.111. The Morgan fingerprint density at radius 3 is 2.47 bits per heavy atom. The lowest BCUT2D eigenvalue weighted by atomic mass is 9.99. The van der Waals surface area contributed by atoms with E-state index in [0.717, 1.165) is 18.3 Å². The molecule has 0 amide bonds. The van der Waals surface area contributed by atoms with E-state index in [-0.39, 0.29) is 5.60 Å². The molecule has 0 N–H and O–H groups in total. The van der Waals surface area contributed by atoms with Crippen molar-refractivity contribution in [3.63, 3.8) is 0 Å². The fourth-order valence-electron chi connectivity index (χ4n) is 2.20. The van der Waals surface area contributed by atoms with Crippen LogP contribution in [0.4, 0.5) is 0 Å². The monoisotopic (exact) mass is 236 g/mol. The Balaban J connectivity index is 2.64. The topological polar surface area (TPSA) is 44.8 Å². The number of benzene rings is 1. The van der Waals surface area contributed by atoms with Gasteiger partial charge in [-0.15, -0.1) is 0 Å². The fourth-order valence-corrected chi connectivity index (χ4v) is 2.20. The SMILES string of the molecule is COc1c(C=O)cc2c(c1OC)OC(C)(C)C2. The van der Waals surface area contributed by atoms with Crippen LogP contribution in [0.2, 0.25) is 0 Å². The summed E-state index contributed by atoms with van der Waals surface area (Å²) in [6, 6.07) is 1.80. The third kappa shape index (κ3) is 1.84. The van der Waals surface area contributed by atoms with Crippen LogP contribution < -0.4 is 14.2 Å². The van der Waals surface area contributed by atoms with Gasteiger partial charge >= 0.3 is 0 Å². The lowest BCUT2D eigenvalue weighted by Gasteiger charge is -2.18. The molecule has 0 unspecified atom stereocenters. The largest absolute Gasteiger partial charge is 0.492 e. The highest BCUT2D eigenvalue weighted by Crippen LogP contribution is 2.48. The van der Waals surface area contributed by atoms with Crippen molar-refractivity contribution in [1.29, 1.82) is 0 Å². The van der Waals surface area contributed by atoms with Gasteiger partial charge in [0.2, 0.25) is 5.75 Å². The number of rotatable bonds is 3. The van der Waals surface area contributed by atoms with Crippen molar-refractivity contribution in [1.82, 2.24) is 0 Å². The summed E-state index contributed by atoms with van der Waals surface area (Å²) in [6.07, 6.45) is 1.52. The summed E-state index contributed by atoms with van der Waals surface area (Å²) >= 11 is 0. The Kier molecular flexibility index (Phi) is 2.73. The normalized spacial score (nSPS) is 16.0. The van der Waals surface area contributed by atoms with E-state index in [1.807, 2.05) is 13.8 Å². The number of hydrogen-bond acceptors (Lipinski definition) is 4. The van der Waals surface area contributed by atoms with Gasteiger partial charge in [-0.1, -0.05) is 0 Å². The molecule has 1 aliphatic heterocycles. The van der Waals surface area contributed by atoms with Crippen LogP contribution in [0.15, 0.2) is 6.07 Å². The van der Waals surface area contributed by atoms with Crippen LogP contribution in [0.1, 0.15) is 29.8 Å². The molecule has 4 heteroatoms. The van der Waals surface area contributed by atoms with E-state index in [4.69, 9.17) is 14.2 Å². The van der Waals surface area contributed by atoms with Crippen molar-refractivity contribution < 1.29 is 19.0 Å². The average molecular weight is 236 g/mol. The van der Waals surface area contributed by atoms with Crippen LogP contribution in [0, 0.1) is 0 Å². The predicted octanol–water partition coefficient (Wildman–Crippen LogP) is 2.23. The molecule has 92 valence electrons. The first-order valence-electron chi connectivity index (χ1n) is 5.44. The molecule has 0 saturated carbocycles. The minimum absolute atomic E-state index is 0.276. The molecule has 0 spiro atoms. The number of ether oxygens (including phenoxy) is 3. The maximum absolute atomic E-state index is 11.0. The molecule has 0 aliphatic carbocycles. The quantitative estimate of drug-likeness (QED) is 0.755. The maximum atomic E-state index is 11.0. The summed E-state index contributed by atoms with van der Waals surface area (Å²) in [5.41, 5.74) is 1.20. The van der Waals surface area contributed by atoms with Gasteiger partial charge in [-0.3, -0.25) is 4.79 Å². The van der Waals surface area contributed by atoms with Crippen molar-refractivity contribution >= 4 is 6.29 Å². The van der Waals surface area contributed by atoms with Crippen LogP contribution in [-0.2, 0) is 6.42 Å². The number of hydrogen-bond donors (Lipinski definition) is 0. The van der Waals surface area contributed by atoms with Crippen LogP contribution in [0.5, 0.6) is 17.2 Å². The summed E-state index contributed by atoms with van der Waals surface area (Å²) in [7, 11) is 3.05. The second-order valence-corrected chi connectivity index (χ2v) is 4.68. The second kappa shape index (κ2) is 3.95. The van der Waals surface area contributed by atoms with Gasteiger partial charge in [-0.2, -0.15) is 0 Å². The Bertz CT molecular complexity index is 463. The van der Waals surface area contributed by atoms with Crippen LogP contribution in [0.25, 0.3) is 0 Å². The molecule has 0 bridgehead atoms. The number of carbonyl (C=O) groups is 1. The molecule has 2 rings (SSSR count). The molecule has 4 nitrogen and oxygen atoms in total. The summed E-state index contributed by atoms with van der Waals surface area (Å²) in [4.78, 5) is 11.0. The minimum Gasteiger partial charge on any atom is -0.492 e. The highest BCUT2D eigenvalue weighted by atomic mass is 16.5. The first kappa shape index (κ1) is 11.8. The van der Waals surface area contributed by atoms with Gasteiger partial charge in [-0.05, 0) is 19.9 Å². The van der Waals surface area contributed by atoms with Crippen molar-refractivity contribution in [2.45, 2.75) is 25.9 Å². The zero-order chi connectivity index (χ0) is 12.6. The number of aldehydes is 1. The summed E-state index contributed by atoms with van der Waals surface area (Å²) < 4.78 is 16.4. The molecule has 0 aromatic heterocycles. The van der Waals surface area contributed by atoms with E-state index < -0.39 is 0 Å². The highest BCUT2D eigenvalue weighted by Gasteiger charge is 2.35. The highest BCUT2D eigenvalue weighted by molar-refractivity contribution is 5.84. The molecule has 17 heavy (non-hydrogen) atoms. The van der Waals surface area contributed by atoms with E-state index in [1.165, 1.54) is 7.11 Å². The third-order valence-electron chi connectivity index (χ3n) is 2.83. The van der Waals surface area contributed by atoms with Gasteiger partial charge in [-0.25, -0.2) is 0 Å². The second-order valence-electron chi connectivity index (χ2n) is 4.68. The summed E-state index contributed by atoms with van der Waals surface area (Å²) in [5.74, 6) is 1.61. The van der Waals surface area contributed by atoms with Gasteiger partial charge in [0.25, 0.3) is 0 Å².